The van der Waals surface area contributed by atoms with Gasteiger partial charge in [0.15, 0.2) is 0 Å². The fourth-order valence-corrected chi connectivity index (χ4v) is 1.37. The normalized spacial score (nSPS) is 10.4. The van der Waals surface area contributed by atoms with Crippen molar-refractivity contribution >= 4 is 0 Å². The summed E-state index contributed by atoms with van der Waals surface area (Å²) in [5, 5.41) is 9.12. The van der Waals surface area contributed by atoms with Gasteiger partial charge in [-0.3, -0.25) is 0 Å². The average Bonchev–Trinajstić information content (AvgIpc) is 2.60. The van der Waals surface area contributed by atoms with Crippen LogP contribution in [-0.2, 0) is 13.7 Å². The molecule has 1 aromatic heterocycles. The van der Waals surface area contributed by atoms with Gasteiger partial charge in [0.2, 0.25) is 0 Å². The Hall–Kier alpha value is -1.97. The van der Waals surface area contributed by atoms with Crippen LogP contribution in [0.2, 0.25) is 0 Å². The van der Waals surface area contributed by atoms with Crippen LogP contribution in [0.5, 0.6) is 11.5 Å². The number of hydrogen-bond donors (Lipinski definition) is 1. The summed E-state index contributed by atoms with van der Waals surface area (Å²) in [5.41, 5.74) is 1.10. The van der Waals surface area contributed by atoms with Crippen molar-refractivity contribution in [2.24, 2.45) is 7.05 Å². The fraction of sp³-hybridized carbons (Fsp3) is 0.250. The van der Waals surface area contributed by atoms with E-state index in [-0.39, 0.29) is 5.75 Å². The molecule has 0 aliphatic rings. The number of imidazole rings is 1. The molecule has 1 aromatic carbocycles. The molecule has 1 N–H and O–H groups in total. The van der Waals surface area contributed by atoms with Gasteiger partial charge in [0, 0.05) is 18.9 Å². The number of phenolic OH excluding ortho intramolecular Hbond substituents is 1. The van der Waals surface area contributed by atoms with E-state index in [1.165, 1.54) is 0 Å². The standard InChI is InChI=1S/C12H14N2O2/c1-9-7-13-12(14(9)2)8-16-11-5-3-10(15)4-6-11/h3-7,15H,8H2,1-2H3. The van der Waals surface area contributed by atoms with Crippen molar-refractivity contribution in [3.05, 3.63) is 42.0 Å². The summed E-state index contributed by atoms with van der Waals surface area (Å²) in [6.45, 7) is 2.42. The molecule has 0 aliphatic carbocycles. The van der Waals surface area contributed by atoms with E-state index in [4.69, 9.17) is 9.84 Å². The largest absolute Gasteiger partial charge is 0.508 e. The summed E-state index contributed by atoms with van der Waals surface area (Å²) in [6.07, 6.45) is 1.81. The van der Waals surface area contributed by atoms with Gasteiger partial charge in [0.1, 0.15) is 23.9 Å². The lowest BCUT2D eigenvalue weighted by molar-refractivity contribution is 0.291. The van der Waals surface area contributed by atoms with Crippen LogP contribution in [0.1, 0.15) is 11.5 Å². The van der Waals surface area contributed by atoms with Gasteiger partial charge in [-0.25, -0.2) is 4.98 Å². The van der Waals surface area contributed by atoms with E-state index in [1.807, 2.05) is 24.7 Å². The Morgan fingerprint density at radius 3 is 2.56 bits per heavy atom. The van der Waals surface area contributed by atoms with Crippen LogP contribution in [0.4, 0.5) is 0 Å². The molecule has 2 rings (SSSR count). The highest BCUT2D eigenvalue weighted by atomic mass is 16.5. The Kier molecular flexibility index (Phi) is 2.81. The number of phenols is 1. The van der Waals surface area contributed by atoms with Crippen LogP contribution in [0.15, 0.2) is 30.5 Å². The molecule has 0 radical (unpaired) electrons. The molecule has 0 unspecified atom stereocenters. The molecule has 0 fully saturated rings. The van der Waals surface area contributed by atoms with Gasteiger partial charge in [-0.1, -0.05) is 0 Å². The molecule has 0 atom stereocenters. The van der Waals surface area contributed by atoms with Gasteiger partial charge >= 0.3 is 0 Å². The lowest BCUT2D eigenvalue weighted by atomic mass is 10.3. The van der Waals surface area contributed by atoms with Crippen molar-refractivity contribution in [1.82, 2.24) is 9.55 Å². The van der Waals surface area contributed by atoms with Crippen molar-refractivity contribution in [2.75, 3.05) is 0 Å². The van der Waals surface area contributed by atoms with E-state index in [1.54, 1.807) is 24.3 Å². The number of hydrogen-bond acceptors (Lipinski definition) is 3. The summed E-state index contributed by atoms with van der Waals surface area (Å²) < 4.78 is 7.53. The number of ether oxygens (including phenoxy) is 1. The van der Waals surface area contributed by atoms with Crippen molar-refractivity contribution in [1.29, 1.82) is 0 Å². The lowest BCUT2D eigenvalue weighted by Crippen LogP contribution is -2.04. The zero-order chi connectivity index (χ0) is 11.5. The Morgan fingerprint density at radius 1 is 1.31 bits per heavy atom. The van der Waals surface area contributed by atoms with Gasteiger partial charge in [0.25, 0.3) is 0 Å². The summed E-state index contributed by atoms with van der Waals surface area (Å²) in [7, 11) is 1.96. The maximum Gasteiger partial charge on any atom is 0.146 e. The summed E-state index contributed by atoms with van der Waals surface area (Å²) in [6, 6.07) is 6.65. The van der Waals surface area contributed by atoms with Crippen LogP contribution < -0.4 is 4.74 Å². The third-order valence-corrected chi connectivity index (χ3v) is 2.52. The molecular formula is C12H14N2O2. The molecule has 0 saturated heterocycles. The molecule has 2 aromatic rings. The SMILES string of the molecule is Cc1cnc(COc2ccc(O)cc2)n1C. The van der Waals surface area contributed by atoms with Crippen molar-refractivity contribution in [3.63, 3.8) is 0 Å². The Bertz CT molecular complexity index is 474. The van der Waals surface area contributed by atoms with Crippen molar-refractivity contribution in [3.8, 4) is 11.5 Å². The van der Waals surface area contributed by atoms with Crippen LogP contribution in [-0.4, -0.2) is 14.7 Å². The minimum Gasteiger partial charge on any atom is -0.508 e. The minimum atomic E-state index is 0.236. The molecule has 1 heterocycles. The molecule has 0 spiro atoms. The summed E-state index contributed by atoms with van der Waals surface area (Å²) in [4.78, 5) is 4.24. The zero-order valence-electron chi connectivity index (χ0n) is 9.34. The molecular weight excluding hydrogens is 204 g/mol. The minimum absolute atomic E-state index is 0.236. The fourth-order valence-electron chi connectivity index (χ4n) is 1.37. The molecule has 0 saturated carbocycles. The predicted octanol–water partition coefficient (Wildman–Crippen LogP) is 2.01. The maximum atomic E-state index is 9.12. The van der Waals surface area contributed by atoms with E-state index in [9.17, 15) is 0 Å². The van der Waals surface area contributed by atoms with E-state index >= 15 is 0 Å². The first-order valence-electron chi connectivity index (χ1n) is 5.06. The van der Waals surface area contributed by atoms with Crippen LogP contribution in [0.3, 0.4) is 0 Å². The van der Waals surface area contributed by atoms with Gasteiger partial charge in [-0.2, -0.15) is 0 Å². The van der Waals surface area contributed by atoms with Gasteiger partial charge in [-0.15, -0.1) is 0 Å². The molecule has 0 amide bonds. The summed E-state index contributed by atoms with van der Waals surface area (Å²) in [5.74, 6) is 1.84. The predicted molar refractivity (Wildman–Crippen MR) is 60.4 cm³/mol. The zero-order valence-corrected chi connectivity index (χ0v) is 9.34. The molecule has 0 bridgehead atoms. The molecule has 84 valence electrons. The number of benzene rings is 1. The molecule has 16 heavy (non-hydrogen) atoms. The Balaban J connectivity index is 2.02. The highest BCUT2D eigenvalue weighted by molar-refractivity contribution is 5.30. The maximum absolute atomic E-state index is 9.12. The average molecular weight is 218 g/mol. The quantitative estimate of drug-likeness (QED) is 0.857. The number of aromatic hydroxyl groups is 1. The Morgan fingerprint density at radius 2 is 2.00 bits per heavy atom. The second-order valence-electron chi connectivity index (χ2n) is 3.66. The lowest BCUT2D eigenvalue weighted by Gasteiger charge is -2.06. The van der Waals surface area contributed by atoms with Crippen molar-refractivity contribution < 1.29 is 9.84 Å². The first kappa shape index (κ1) is 10.5. The van der Waals surface area contributed by atoms with E-state index in [0.29, 0.717) is 6.61 Å². The monoisotopic (exact) mass is 218 g/mol. The second-order valence-corrected chi connectivity index (χ2v) is 3.66. The Labute approximate surface area is 94.1 Å². The second kappa shape index (κ2) is 4.26. The third-order valence-electron chi connectivity index (χ3n) is 2.52. The molecule has 4 nitrogen and oxygen atoms in total. The number of nitrogens with zero attached hydrogens (tertiary/aromatic N) is 2. The van der Waals surface area contributed by atoms with Gasteiger partial charge < -0.3 is 14.4 Å². The molecule has 0 aliphatic heterocycles. The first-order valence-corrected chi connectivity index (χ1v) is 5.06. The van der Waals surface area contributed by atoms with E-state index in [0.717, 1.165) is 17.3 Å². The highest BCUT2D eigenvalue weighted by Gasteiger charge is 2.03. The van der Waals surface area contributed by atoms with Gasteiger partial charge in [0.05, 0.1) is 0 Å². The third kappa shape index (κ3) is 2.16. The first-order chi connectivity index (χ1) is 7.66. The van der Waals surface area contributed by atoms with Crippen LogP contribution >= 0.6 is 0 Å². The number of aromatic nitrogens is 2. The topological polar surface area (TPSA) is 47.3 Å². The van der Waals surface area contributed by atoms with E-state index < -0.39 is 0 Å². The number of aryl methyl sites for hydroxylation is 1. The van der Waals surface area contributed by atoms with Crippen LogP contribution in [0, 0.1) is 6.92 Å². The number of rotatable bonds is 3. The van der Waals surface area contributed by atoms with Crippen LogP contribution in [0.25, 0.3) is 0 Å². The summed E-state index contributed by atoms with van der Waals surface area (Å²) >= 11 is 0. The van der Waals surface area contributed by atoms with E-state index in [2.05, 4.69) is 4.98 Å². The smallest absolute Gasteiger partial charge is 0.146 e. The van der Waals surface area contributed by atoms with Gasteiger partial charge in [-0.05, 0) is 31.2 Å². The van der Waals surface area contributed by atoms with Crippen molar-refractivity contribution in [2.45, 2.75) is 13.5 Å². The highest BCUT2D eigenvalue weighted by Crippen LogP contribution is 2.17. The molecule has 4 heteroatoms.